The molecule has 0 atom stereocenters. The highest BCUT2D eigenvalue weighted by Gasteiger charge is 2.14. The van der Waals surface area contributed by atoms with E-state index < -0.39 is 0 Å². The summed E-state index contributed by atoms with van der Waals surface area (Å²) in [7, 11) is 0. The van der Waals surface area contributed by atoms with Crippen molar-refractivity contribution in [3.8, 4) is 11.5 Å². The third-order valence-corrected chi connectivity index (χ3v) is 4.25. The van der Waals surface area contributed by atoms with E-state index in [1.54, 1.807) is 0 Å². The van der Waals surface area contributed by atoms with Gasteiger partial charge in [0.2, 0.25) is 0 Å². The molecule has 1 fully saturated rings. The molecule has 3 nitrogen and oxygen atoms in total. The predicted molar refractivity (Wildman–Crippen MR) is 96.3 cm³/mol. The summed E-state index contributed by atoms with van der Waals surface area (Å²) in [6, 6.07) is 6.20. The molecule has 0 aromatic heterocycles. The van der Waals surface area contributed by atoms with Gasteiger partial charge in [0.15, 0.2) is 0 Å². The van der Waals surface area contributed by atoms with Crippen LogP contribution in [-0.2, 0) is 6.54 Å². The molecule has 0 unspecified atom stereocenters. The largest absolute Gasteiger partial charge is 0.491 e. The topological polar surface area (TPSA) is 30.5 Å². The van der Waals surface area contributed by atoms with Crippen molar-refractivity contribution < 1.29 is 9.47 Å². The first-order valence-corrected chi connectivity index (χ1v) is 9.21. The van der Waals surface area contributed by atoms with Crippen molar-refractivity contribution >= 4 is 0 Å². The van der Waals surface area contributed by atoms with E-state index in [-0.39, 0.29) is 12.2 Å². The summed E-state index contributed by atoms with van der Waals surface area (Å²) in [6.45, 7) is 10.2. The van der Waals surface area contributed by atoms with Crippen LogP contribution in [0.2, 0.25) is 0 Å². The summed E-state index contributed by atoms with van der Waals surface area (Å²) < 4.78 is 11.8. The van der Waals surface area contributed by atoms with Crippen molar-refractivity contribution in [1.29, 1.82) is 0 Å². The molecule has 2 rings (SSSR count). The van der Waals surface area contributed by atoms with Crippen molar-refractivity contribution in [2.75, 3.05) is 6.54 Å². The van der Waals surface area contributed by atoms with E-state index in [4.69, 9.17) is 9.47 Å². The van der Waals surface area contributed by atoms with Crippen LogP contribution in [0.15, 0.2) is 18.2 Å². The average molecular weight is 319 g/mol. The summed E-state index contributed by atoms with van der Waals surface area (Å²) in [6.07, 6.45) is 7.32. The van der Waals surface area contributed by atoms with Crippen LogP contribution in [0.5, 0.6) is 11.5 Å². The van der Waals surface area contributed by atoms with Crippen LogP contribution in [0.3, 0.4) is 0 Å². The molecule has 1 aliphatic carbocycles. The number of nitrogens with one attached hydrogen (secondary N) is 1. The van der Waals surface area contributed by atoms with Gasteiger partial charge in [0.1, 0.15) is 11.5 Å². The maximum atomic E-state index is 5.99. The van der Waals surface area contributed by atoms with Crippen molar-refractivity contribution in [3.05, 3.63) is 23.8 Å². The van der Waals surface area contributed by atoms with Crippen LogP contribution in [0.25, 0.3) is 0 Å². The zero-order valence-electron chi connectivity index (χ0n) is 15.2. The van der Waals surface area contributed by atoms with Gasteiger partial charge in [0.25, 0.3) is 0 Å². The lowest BCUT2D eigenvalue weighted by Gasteiger charge is -2.22. The van der Waals surface area contributed by atoms with Gasteiger partial charge in [-0.15, -0.1) is 0 Å². The Morgan fingerprint density at radius 3 is 2.35 bits per heavy atom. The minimum absolute atomic E-state index is 0.168. The van der Waals surface area contributed by atoms with Gasteiger partial charge in [-0.05, 0) is 59.1 Å². The molecule has 0 bridgehead atoms. The summed E-state index contributed by atoms with van der Waals surface area (Å²) >= 11 is 0. The fraction of sp³-hybridized carbons (Fsp3) is 0.700. The highest BCUT2D eigenvalue weighted by molar-refractivity contribution is 5.41. The van der Waals surface area contributed by atoms with Crippen molar-refractivity contribution in [1.82, 2.24) is 5.32 Å². The monoisotopic (exact) mass is 319 g/mol. The van der Waals surface area contributed by atoms with E-state index in [1.807, 2.05) is 26.0 Å². The molecule has 0 amide bonds. The lowest BCUT2D eigenvalue weighted by molar-refractivity contribution is 0.227. The van der Waals surface area contributed by atoms with Gasteiger partial charge in [-0.25, -0.2) is 0 Å². The molecule has 1 N–H and O–H groups in total. The molecule has 0 heterocycles. The highest BCUT2D eigenvalue weighted by Crippen LogP contribution is 2.27. The van der Waals surface area contributed by atoms with Gasteiger partial charge >= 0.3 is 0 Å². The molecule has 1 aliphatic rings. The quantitative estimate of drug-likeness (QED) is 0.737. The second-order valence-electron chi connectivity index (χ2n) is 7.24. The van der Waals surface area contributed by atoms with E-state index in [1.165, 1.54) is 37.7 Å². The molecule has 1 aromatic rings. The lowest BCUT2D eigenvalue weighted by Crippen LogP contribution is -2.24. The number of benzene rings is 1. The fourth-order valence-electron chi connectivity index (χ4n) is 3.19. The predicted octanol–water partition coefficient (Wildman–Crippen LogP) is 4.93. The molecule has 3 heteroatoms. The summed E-state index contributed by atoms with van der Waals surface area (Å²) in [5, 5.41) is 3.62. The average Bonchev–Trinajstić information content (AvgIpc) is 2.49. The zero-order chi connectivity index (χ0) is 16.7. The number of hydrogen-bond donors (Lipinski definition) is 1. The minimum atomic E-state index is 0.168. The SMILES string of the molecule is CC(C)Oc1ccc(CNCC2CCCCC2)c(OC(C)C)c1. The summed E-state index contributed by atoms with van der Waals surface area (Å²) in [4.78, 5) is 0. The third kappa shape index (κ3) is 6.42. The van der Waals surface area contributed by atoms with E-state index in [2.05, 4.69) is 25.2 Å². The van der Waals surface area contributed by atoms with Gasteiger partial charge in [-0.2, -0.15) is 0 Å². The molecule has 0 aliphatic heterocycles. The Hall–Kier alpha value is -1.22. The number of rotatable bonds is 8. The van der Waals surface area contributed by atoms with Crippen molar-refractivity contribution in [3.63, 3.8) is 0 Å². The Bertz CT molecular complexity index is 465. The normalized spacial score (nSPS) is 16.1. The van der Waals surface area contributed by atoms with Gasteiger partial charge in [0, 0.05) is 18.2 Å². The Morgan fingerprint density at radius 1 is 1.00 bits per heavy atom. The van der Waals surface area contributed by atoms with Gasteiger partial charge < -0.3 is 14.8 Å². The van der Waals surface area contributed by atoms with Gasteiger partial charge in [-0.1, -0.05) is 25.3 Å². The van der Waals surface area contributed by atoms with E-state index in [0.29, 0.717) is 0 Å². The molecule has 23 heavy (non-hydrogen) atoms. The Balaban J connectivity index is 1.95. The van der Waals surface area contributed by atoms with E-state index in [9.17, 15) is 0 Å². The van der Waals surface area contributed by atoms with Crippen LogP contribution in [-0.4, -0.2) is 18.8 Å². The maximum Gasteiger partial charge on any atom is 0.127 e. The summed E-state index contributed by atoms with van der Waals surface area (Å²) in [5.74, 6) is 2.67. The standard InChI is InChI=1S/C20H33NO2/c1-15(2)22-19-11-10-18(20(12-19)23-16(3)4)14-21-13-17-8-6-5-7-9-17/h10-12,15-17,21H,5-9,13-14H2,1-4H3. The van der Waals surface area contributed by atoms with Crippen molar-refractivity contribution in [2.45, 2.75) is 78.6 Å². The van der Waals surface area contributed by atoms with Crippen LogP contribution in [0, 0.1) is 5.92 Å². The maximum absolute atomic E-state index is 5.99. The molecule has 130 valence electrons. The first-order chi connectivity index (χ1) is 11.0. The molecular formula is C20H33NO2. The molecule has 0 spiro atoms. The first-order valence-electron chi connectivity index (χ1n) is 9.21. The Kier molecular flexibility index (Phi) is 7.22. The third-order valence-electron chi connectivity index (χ3n) is 4.25. The molecule has 1 saturated carbocycles. The van der Waals surface area contributed by atoms with Crippen molar-refractivity contribution in [2.24, 2.45) is 5.92 Å². The van der Waals surface area contributed by atoms with Crippen LogP contribution in [0.1, 0.15) is 65.4 Å². The smallest absolute Gasteiger partial charge is 0.127 e. The second kappa shape index (κ2) is 9.17. The number of ether oxygens (including phenoxy) is 2. The van der Waals surface area contributed by atoms with Crippen LogP contribution in [0.4, 0.5) is 0 Å². The van der Waals surface area contributed by atoms with Gasteiger partial charge in [0.05, 0.1) is 12.2 Å². The first kappa shape index (κ1) is 18.1. The zero-order valence-corrected chi connectivity index (χ0v) is 15.2. The lowest BCUT2D eigenvalue weighted by atomic mass is 9.89. The van der Waals surface area contributed by atoms with Crippen LogP contribution < -0.4 is 14.8 Å². The Morgan fingerprint density at radius 2 is 1.70 bits per heavy atom. The van der Waals surface area contributed by atoms with Crippen LogP contribution >= 0.6 is 0 Å². The van der Waals surface area contributed by atoms with E-state index >= 15 is 0 Å². The van der Waals surface area contributed by atoms with Gasteiger partial charge in [-0.3, -0.25) is 0 Å². The van der Waals surface area contributed by atoms with E-state index in [0.717, 1.165) is 30.5 Å². The highest BCUT2D eigenvalue weighted by atomic mass is 16.5. The molecule has 0 saturated heterocycles. The molecule has 0 radical (unpaired) electrons. The molecular weight excluding hydrogens is 286 g/mol. The number of hydrogen-bond acceptors (Lipinski definition) is 3. The molecule has 1 aromatic carbocycles. The Labute approximate surface area is 141 Å². The summed E-state index contributed by atoms with van der Waals surface area (Å²) in [5.41, 5.74) is 1.21. The second-order valence-corrected chi connectivity index (χ2v) is 7.24. The minimum Gasteiger partial charge on any atom is -0.491 e. The fourth-order valence-corrected chi connectivity index (χ4v) is 3.19.